The summed E-state index contributed by atoms with van der Waals surface area (Å²) in [5.41, 5.74) is 1.05. The first-order chi connectivity index (χ1) is 6.74. The second-order valence-electron chi connectivity index (χ2n) is 2.92. The molecule has 0 fully saturated rings. The Morgan fingerprint density at radius 3 is 3.07 bits per heavy atom. The van der Waals surface area contributed by atoms with Gasteiger partial charge in [-0.1, -0.05) is 0 Å². The number of fused-ring (bicyclic) bond motifs is 1. The number of hydrogen-bond donors (Lipinski definition) is 2. The van der Waals surface area contributed by atoms with E-state index < -0.39 is 5.97 Å². The molecule has 6 nitrogen and oxygen atoms in total. The molecule has 2 rings (SSSR count). The molecular weight excluding hydrogens is 186 g/mol. The van der Waals surface area contributed by atoms with Crippen LogP contribution < -0.4 is 5.32 Å². The highest BCUT2D eigenvalue weighted by Gasteiger charge is 2.27. The fourth-order valence-corrected chi connectivity index (χ4v) is 1.44. The topological polar surface area (TPSA) is 84.1 Å². The van der Waals surface area contributed by atoms with Gasteiger partial charge in [0.15, 0.2) is 5.69 Å². The van der Waals surface area contributed by atoms with Crippen molar-refractivity contribution < 1.29 is 14.3 Å². The molecule has 1 aliphatic rings. The van der Waals surface area contributed by atoms with Gasteiger partial charge in [0.1, 0.15) is 0 Å². The summed E-state index contributed by atoms with van der Waals surface area (Å²) in [7, 11) is 1.25. The summed E-state index contributed by atoms with van der Waals surface area (Å²) in [6.07, 6.45) is 0.658. The Bertz CT molecular complexity index is 397. The molecule has 0 saturated heterocycles. The largest absolute Gasteiger partial charge is 0.464 e. The third kappa shape index (κ3) is 1.15. The van der Waals surface area contributed by atoms with E-state index in [1.807, 2.05) is 0 Å². The average Bonchev–Trinajstić information content (AvgIpc) is 2.62. The number of aromatic amines is 1. The van der Waals surface area contributed by atoms with Crippen LogP contribution in [0, 0.1) is 0 Å². The highest BCUT2D eigenvalue weighted by atomic mass is 16.5. The number of carbonyl (C=O) groups excluding carboxylic acids is 2. The van der Waals surface area contributed by atoms with Crippen LogP contribution in [0.15, 0.2) is 0 Å². The molecule has 0 radical (unpaired) electrons. The zero-order valence-electron chi connectivity index (χ0n) is 7.59. The lowest BCUT2D eigenvalue weighted by atomic mass is 10.1. The summed E-state index contributed by atoms with van der Waals surface area (Å²) >= 11 is 0. The number of nitrogens with zero attached hydrogens (tertiary/aromatic N) is 1. The van der Waals surface area contributed by atoms with E-state index in [0.717, 1.165) is 0 Å². The Kier molecular flexibility index (Phi) is 1.95. The summed E-state index contributed by atoms with van der Waals surface area (Å²) in [6.45, 7) is 0.564. The SMILES string of the molecule is COC(=O)c1n[nH]c2c1C(=O)NCC2. The fourth-order valence-electron chi connectivity index (χ4n) is 1.44. The predicted molar refractivity (Wildman–Crippen MR) is 46.0 cm³/mol. The van der Waals surface area contributed by atoms with Crippen LogP contribution in [0.2, 0.25) is 0 Å². The van der Waals surface area contributed by atoms with Crippen molar-refractivity contribution in [2.45, 2.75) is 6.42 Å². The molecule has 1 aromatic rings. The van der Waals surface area contributed by atoms with E-state index >= 15 is 0 Å². The van der Waals surface area contributed by atoms with Crippen LogP contribution in [0.25, 0.3) is 0 Å². The van der Waals surface area contributed by atoms with E-state index in [1.165, 1.54) is 7.11 Å². The van der Waals surface area contributed by atoms with Crippen LogP contribution in [0.4, 0.5) is 0 Å². The molecular formula is C8H9N3O3. The lowest BCUT2D eigenvalue weighted by Crippen LogP contribution is -2.32. The quantitative estimate of drug-likeness (QED) is 0.591. The summed E-state index contributed by atoms with van der Waals surface area (Å²) in [4.78, 5) is 22.6. The maximum Gasteiger partial charge on any atom is 0.359 e. The maximum absolute atomic E-state index is 11.4. The van der Waals surface area contributed by atoms with Gasteiger partial charge in [-0.15, -0.1) is 0 Å². The van der Waals surface area contributed by atoms with Gasteiger partial charge < -0.3 is 10.1 Å². The summed E-state index contributed by atoms with van der Waals surface area (Å²) in [5, 5.41) is 9.06. The van der Waals surface area contributed by atoms with E-state index in [4.69, 9.17) is 0 Å². The fraction of sp³-hybridized carbons (Fsp3) is 0.375. The minimum absolute atomic E-state index is 0.0553. The van der Waals surface area contributed by atoms with Gasteiger partial charge in [0.05, 0.1) is 18.4 Å². The second-order valence-corrected chi connectivity index (χ2v) is 2.92. The molecule has 0 atom stereocenters. The number of hydrogen-bond acceptors (Lipinski definition) is 4. The molecule has 1 aliphatic heterocycles. The van der Waals surface area contributed by atoms with Crippen molar-refractivity contribution in [1.82, 2.24) is 15.5 Å². The number of H-pyrrole nitrogens is 1. The van der Waals surface area contributed by atoms with Crippen molar-refractivity contribution in [3.05, 3.63) is 17.0 Å². The van der Waals surface area contributed by atoms with Crippen molar-refractivity contribution >= 4 is 11.9 Å². The van der Waals surface area contributed by atoms with Gasteiger partial charge in [-0.25, -0.2) is 4.79 Å². The Hall–Kier alpha value is -1.85. The number of methoxy groups -OCH3 is 1. The van der Waals surface area contributed by atoms with Crippen molar-refractivity contribution in [3.63, 3.8) is 0 Å². The summed E-state index contributed by atoms with van der Waals surface area (Å²) in [6, 6.07) is 0. The van der Waals surface area contributed by atoms with E-state index in [9.17, 15) is 9.59 Å². The number of carbonyl (C=O) groups is 2. The van der Waals surface area contributed by atoms with Crippen LogP contribution in [-0.4, -0.2) is 35.7 Å². The first-order valence-corrected chi connectivity index (χ1v) is 4.17. The van der Waals surface area contributed by atoms with Gasteiger partial charge in [0.2, 0.25) is 0 Å². The monoisotopic (exact) mass is 195 g/mol. The lowest BCUT2D eigenvalue weighted by Gasteiger charge is -2.11. The van der Waals surface area contributed by atoms with Gasteiger partial charge >= 0.3 is 5.97 Å². The molecule has 2 heterocycles. The smallest absolute Gasteiger partial charge is 0.359 e. The molecule has 14 heavy (non-hydrogen) atoms. The second kappa shape index (κ2) is 3.13. The normalized spacial score (nSPS) is 14.5. The number of amides is 1. The van der Waals surface area contributed by atoms with Crippen LogP contribution in [0.5, 0.6) is 0 Å². The number of esters is 1. The Morgan fingerprint density at radius 2 is 2.36 bits per heavy atom. The number of ether oxygens (including phenoxy) is 1. The lowest BCUT2D eigenvalue weighted by molar-refractivity contribution is 0.0589. The van der Waals surface area contributed by atoms with Crippen LogP contribution >= 0.6 is 0 Å². The van der Waals surface area contributed by atoms with Crippen molar-refractivity contribution in [1.29, 1.82) is 0 Å². The highest BCUT2D eigenvalue weighted by Crippen LogP contribution is 2.15. The molecule has 0 aromatic carbocycles. The van der Waals surface area contributed by atoms with Crippen molar-refractivity contribution in [3.8, 4) is 0 Å². The van der Waals surface area contributed by atoms with Crippen molar-refractivity contribution in [2.24, 2.45) is 0 Å². The standard InChI is InChI=1S/C8H9N3O3/c1-14-8(13)6-5-4(10-11-6)2-3-9-7(5)12/h2-3H2,1H3,(H,9,12)(H,10,11). The molecule has 2 N–H and O–H groups in total. The van der Waals surface area contributed by atoms with Crippen LogP contribution in [0.1, 0.15) is 26.5 Å². The predicted octanol–water partition coefficient (Wildman–Crippen LogP) is -0.518. The number of aromatic nitrogens is 2. The molecule has 0 aliphatic carbocycles. The van der Waals surface area contributed by atoms with Crippen LogP contribution in [-0.2, 0) is 11.2 Å². The third-order valence-corrected chi connectivity index (χ3v) is 2.11. The number of rotatable bonds is 1. The van der Waals surface area contributed by atoms with Gasteiger partial charge in [-0.3, -0.25) is 9.89 Å². The van der Waals surface area contributed by atoms with Gasteiger partial charge in [0.25, 0.3) is 5.91 Å². The molecule has 1 aromatic heterocycles. The molecule has 0 unspecified atom stereocenters. The molecule has 1 amide bonds. The zero-order chi connectivity index (χ0) is 10.1. The van der Waals surface area contributed by atoms with Crippen molar-refractivity contribution in [2.75, 3.05) is 13.7 Å². The Labute approximate surface area is 79.6 Å². The van der Waals surface area contributed by atoms with Gasteiger partial charge in [0, 0.05) is 13.0 Å². The summed E-state index contributed by atoms with van der Waals surface area (Å²) in [5.74, 6) is -0.875. The van der Waals surface area contributed by atoms with E-state index in [0.29, 0.717) is 24.2 Å². The first kappa shape index (κ1) is 8.74. The molecule has 74 valence electrons. The third-order valence-electron chi connectivity index (χ3n) is 2.11. The molecule has 6 heteroatoms. The van der Waals surface area contributed by atoms with E-state index in [1.54, 1.807) is 0 Å². The minimum Gasteiger partial charge on any atom is -0.464 e. The summed E-state index contributed by atoms with van der Waals surface area (Å²) < 4.78 is 4.51. The van der Waals surface area contributed by atoms with Gasteiger partial charge in [-0.05, 0) is 0 Å². The van der Waals surface area contributed by atoms with Gasteiger partial charge in [-0.2, -0.15) is 5.10 Å². The molecule has 0 saturated carbocycles. The average molecular weight is 195 g/mol. The Balaban J connectivity index is 2.48. The highest BCUT2D eigenvalue weighted by molar-refractivity contribution is 6.05. The molecule has 0 spiro atoms. The minimum atomic E-state index is -0.598. The first-order valence-electron chi connectivity index (χ1n) is 4.17. The van der Waals surface area contributed by atoms with E-state index in [2.05, 4.69) is 20.3 Å². The number of nitrogens with one attached hydrogen (secondary N) is 2. The van der Waals surface area contributed by atoms with E-state index in [-0.39, 0.29) is 11.6 Å². The molecule has 0 bridgehead atoms. The zero-order valence-corrected chi connectivity index (χ0v) is 7.59. The Morgan fingerprint density at radius 1 is 1.57 bits per heavy atom. The van der Waals surface area contributed by atoms with Crippen LogP contribution in [0.3, 0.4) is 0 Å². The maximum atomic E-state index is 11.4.